The van der Waals surface area contributed by atoms with Crippen LogP contribution in [0.1, 0.15) is 71.6 Å². The Balaban J connectivity index is 1.10. The number of hydrogen-bond acceptors (Lipinski definition) is 18. The van der Waals surface area contributed by atoms with E-state index in [9.17, 15) is 61.0 Å². The first-order chi connectivity index (χ1) is 26.4. The van der Waals surface area contributed by atoms with Gasteiger partial charge in [-0.3, -0.25) is 4.79 Å². The summed E-state index contributed by atoms with van der Waals surface area (Å²) in [5.74, 6) is -0.591. The molecule has 3 saturated heterocycles. The maximum absolute atomic E-state index is 14.1. The molecule has 17 unspecified atom stereocenters. The molecular weight excluding hydrogens is 744 g/mol. The molecule has 18 heteroatoms. The molecule has 4 aliphatic carbocycles. The van der Waals surface area contributed by atoms with Crippen molar-refractivity contribution in [2.45, 2.75) is 169 Å². The van der Waals surface area contributed by atoms with Gasteiger partial charge in [0.15, 0.2) is 12.6 Å². The predicted molar refractivity (Wildman–Crippen MR) is 186 cm³/mol. The van der Waals surface area contributed by atoms with E-state index in [0.29, 0.717) is 44.9 Å². The molecule has 7 rings (SSSR count). The zero-order chi connectivity index (χ0) is 40.7. The van der Waals surface area contributed by atoms with Gasteiger partial charge in [0, 0.05) is 0 Å². The minimum absolute atomic E-state index is 0.121. The summed E-state index contributed by atoms with van der Waals surface area (Å²) in [7, 11) is 0. The predicted octanol–water partition coefficient (Wildman–Crippen LogP) is -2.94. The summed E-state index contributed by atoms with van der Waals surface area (Å²) in [4.78, 5) is 14.1. The van der Waals surface area contributed by atoms with Crippen LogP contribution in [0, 0.1) is 28.1 Å². The van der Waals surface area contributed by atoms with Crippen molar-refractivity contribution in [3.63, 3.8) is 0 Å². The maximum Gasteiger partial charge on any atom is 0.314 e. The first-order valence-electron chi connectivity index (χ1n) is 19.9. The minimum Gasteiger partial charge on any atom is -0.432 e. The number of carbonyl (C=O) groups excluding carboxylic acids is 1. The molecular formula is C38H60O18. The SMILES string of the molecule is C=C1C[C@@]23CCC4[C@](C)(C(=O)OC5OC(CO)C(O)C(O)C5O)CCC[C@@]4(C)[C@@H]2CCC1(OC1OC(CO)C(O)C(O)C1OC1OC(CO)C(O)C(O)C1O)C3. The third-order valence-electron chi connectivity index (χ3n) is 15.0. The molecule has 0 aromatic carbocycles. The molecule has 0 aromatic heterocycles. The highest BCUT2D eigenvalue weighted by atomic mass is 16.8. The van der Waals surface area contributed by atoms with Gasteiger partial charge in [0.2, 0.25) is 6.29 Å². The van der Waals surface area contributed by atoms with Gasteiger partial charge in [-0.15, -0.1) is 0 Å². The Hall–Kier alpha value is -1.43. The van der Waals surface area contributed by atoms with Gasteiger partial charge in [0.1, 0.15) is 73.2 Å². The molecule has 21 atom stereocenters. The second-order valence-electron chi connectivity index (χ2n) is 18.0. The molecule has 7 fully saturated rings. The summed E-state index contributed by atoms with van der Waals surface area (Å²) in [5, 5.41) is 114. The third kappa shape index (κ3) is 6.69. The van der Waals surface area contributed by atoms with E-state index in [4.69, 9.17) is 28.4 Å². The molecule has 4 saturated carbocycles. The lowest BCUT2D eigenvalue weighted by Crippen LogP contribution is -2.65. The topological polar surface area (TPSA) is 295 Å². The molecule has 0 amide bonds. The average Bonchev–Trinajstić information content (AvgIpc) is 3.37. The number of aliphatic hydroxyl groups is 11. The minimum atomic E-state index is -1.81. The Bertz CT molecular complexity index is 1450. The van der Waals surface area contributed by atoms with Crippen molar-refractivity contribution in [1.82, 2.24) is 0 Å². The lowest BCUT2D eigenvalue weighted by atomic mass is 9.41. The molecule has 320 valence electrons. The fourth-order valence-electron chi connectivity index (χ4n) is 12.0. The van der Waals surface area contributed by atoms with Crippen molar-refractivity contribution in [2.24, 2.45) is 28.1 Å². The van der Waals surface area contributed by atoms with Gasteiger partial charge in [0.25, 0.3) is 0 Å². The molecule has 1 spiro atoms. The number of carbonyl (C=O) groups is 1. The number of ether oxygens (including phenoxy) is 6. The van der Waals surface area contributed by atoms with Gasteiger partial charge in [0.05, 0.1) is 30.8 Å². The first-order valence-corrected chi connectivity index (χ1v) is 19.9. The smallest absolute Gasteiger partial charge is 0.314 e. The van der Waals surface area contributed by atoms with Gasteiger partial charge in [-0.1, -0.05) is 19.9 Å². The summed E-state index contributed by atoms with van der Waals surface area (Å²) in [6.07, 6.45) is -17.8. The fourth-order valence-corrected chi connectivity index (χ4v) is 12.0. The van der Waals surface area contributed by atoms with E-state index in [-0.39, 0.29) is 22.7 Å². The third-order valence-corrected chi connectivity index (χ3v) is 15.0. The monoisotopic (exact) mass is 804 g/mol. The van der Waals surface area contributed by atoms with Gasteiger partial charge < -0.3 is 84.6 Å². The van der Waals surface area contributed by atoms with Crippen LogP contribution in [0.2, 0.25) is 0 Å². The quantitative estimate of drug-likeness (QED) is 0.0631. The van der Waals surface area contributed by atoms with Crippen LogP contribution < -0.4 is 0 Å². The maximum atomic E-state index is 14.1. The molecule has 0 aromatic rings. The van der Waals surface area contributed by atoms with Gasteiger partial charge in [-0.25, -0.2) is 0 Å². The Kier molecular flexibility index (Phi) is 11.9. The van der Waals surface area contributed by atoms with Gasteiger partial charge >= 0.3 is 5.97 Å². The van der Waals surface area contributed by atoms with E-state index >= 15 is 0 Å². The molecule has 2 bridgehead atoms. The van der Waals surface area contributed by atoms with E-state index in [2.05, 4.69) is 13.5 Å². The zero-order valence-electron chi connectivity index (χ0n) is 31.8. The molecule has 3 heterocycles. The lowest BCUT2D eigenvalue weighted by molar-refractivity contribution is -0.378. The van der Waals surface area contributed by atoms with Crippen molar-refractivity contribution in [3.05, 3.63) is 12.2 Å². The average molecular weight is 805 g/mol. The van der Waals surface area contributed by atoms with Crippen LogP contribution in [-0.4, -0.2) is 180 Å². The second kappa shape index (κ2) is 15.6. The van der Waals surface area contributed by atoms with E-state index in [1.165, 1.54) is 0 Å². The molecule has 3 aliphatic heterocycles. The summed E-state index contributed by atoms with van der Waals surface area (Å²) in [6.45, 7) is 6.52. The number of rotatable bonds is 9. The Morgan fingerprint density at radius 3 is 1.82 bits per heavy atom. The van der Waals surface area contributed by atoms with Crippen molar-refractivity contribution < 1.29 is 89.4 Å². The summed E-state index contributed by atoms with van der Waals surface area (Å²) < 4.78 is 35.6. The van der Waals surface area contributed by atoms with Crippen LogP contribution >= 0.6 is 0 Å². The Morgan fingerprint density at radius 1 is 0.679 bits per heavy atom. The summed E-state index contributed by atoms with van der Waals surface area (Å²) >= 11 is 0. The second-order valence-corrected chi connectivity index (χ2v) is 18.0. The number of aliphatic hydroxyl groups excluding tert-OH is 11. The first kappa shape index (κ1) is 42.7. The Labute approximate surface area is 324 Å². The number of fused-ring (bicyclic) bond motifs is 3. The van der Waals surface area contributed by atoms with Gasteiger partial charge in [-0.2, -0.15) is 0 Å². The summed E-state index contributed by atoms with van der Waals surface area (Å²) in [6, 6.07) is 0. The molecule has 11 N–H and O–H groups in total. The number of hydrogen-bond donors (Lipinski definition) is 11. The van der Waals surface area contributed by atoms with Crippen LogP contribution in [0.15, 0.2) is 12.2 Å². The van der Waals surface area contributed by atoms with Crippen LogP contribution in [-0.2, 0) is 33.2 Å². The highest BCUT2D eigenvalue weighted by molar-refractivity contribution is 5.77. The normalized spacial score (nSPS) is 54.6. The van der Waals surface area contributed by atoms with E-state index in [1.54, 1.807) is 0 Å². The van der Waals surface area contributed by atoms with Crippen molar-refractivity contribution in [2.75, 3.05) is 19.8 Å². The van der Waals surface area contributed by atoms with Crippen LogP contribution in [0.25, 0.3) is 0 Å². The van der Waals surface area contributed by atoms with Crippen LogP contribution in [0.5, 0.6) is 0 Å². The fraction of sp³-hybridized carbons (Fsp3) is 0.921. The largest absolute Gasteiger partial charge is 0.432 e. The molecule has 0 radical (unpaired) electrons. The van der Waals surface area contributed by atoms with Crippen LogP contribution in [0.3, 0.4) is 0 Å². The van der Waals surface area contributed by atoms with Gasteiger partial charge in [-0.05, 0) is 86.5 Å². The van der Waals surface area contributed by atoms with E-state index < -0.39 is 129 Å². The van der Waals surface area contributed by atoms with Crippen molar-refractivity contribution in [1.29, 1.82) is 0 Å². The number of esters is 1. The summed E-state index contributed by atoms with van der Waals surface area (Å²) in [5.41, 5.74) is -1.80. The van der Waals surface area contributed by atoms with Crippen molar-refractivity contribution in [3.8, 4) is 0 Å². The molecule has 7 aliphatic rings. The standard InChI is InChI=1S/C38H60O18/c1-16-11-37-9-5-20-35(2,7-4-8-36(20,3)34(50)55-32-29(49)26(46)23(43)18(13-40)52-32)21(37)6-10-38(16,15-37)56-33-30(27(47)24(44)19(14-41)53-33)54-31-28(48)25(45)22(42)17(12-39)51-31/h17-33,39-49H,1,4-15H2,2-3H3/t17?,18?,19?,20?,21-,22?,23?,24?,25?,26?,27?,28?,29?,30?,31?,32?,33?,35+,36+,37+,38?/m0/s1. The lowest BCUT2D eigenvalue weighted by Gasteiger charge is -2.64. The Morgan fingerprint density at radius 2 is 1.21 bits per heavy atom. The van der Waals surface area contributed by atoms with E-state index in [1.807, 2.05) is 6.92 Å². The van der Waals surface area contributed by atoms with Crippen LogP contribution in [0.4, 0.5) is 0 Å². The molecule has 18 nitrogen and oxygen atoms in total. The highest BCUT2D eigenvalue weighted by Crippen LogP contribution is 2.73. The molecule has 56 heavy (non-hydrogen) atoms. The van der Waals surface area contributed by atoms with E-state index in [0.717, 1.165) is 18.4 Å². The van der Waals surface area contributed by atoms with Crippen molar-refractivity contribution >= 4 is 5.97 Å². The zero-order valence-corrected chi connectivity index (χ0v) is 31.8. The highest BCUT2D eigenvalue weighted by Gasteiger charge is 2.69.